The molecule has 122 valence electrons. The van der Waals surface area contributed by atoms with Crippen molar-refractivity contribution >= 4 is 11.7 Å². The van der Waals surface area contributed by atoms with E-state index in [1.807, 2.05) is 22.9 Å². The summed E-state index contributed by atoms with van der Waals surface area (Å²) in [5, 5.41) is 7.85. The smallest absolute Gasteiger partial charge is 0.225 e. The highest BCUT2D eigenvalue weighted by molar-refractivity contribution is 5.89. The van der Waals surface area contributed by atoms with Crippen LogP contribution in [0.25, 0.3) is 0 Å². The van der Waals surface area contributed by atoms with Gasteiger partial charge in [-0.3, -0.25) is 4.79 Å². The molecule has 5 heteroatoms. The van der Waals surface area contributed by atoms with Gasteiger partial charge in [-0.2, -0.15) is 10.1 Å². The number of hydrogen-bond acceptors (Lipinski definition) is 4. The Bertz CT molecular complexity index is 817. The second-order valence-corrected chi connectivity index (χ2v) is 7.17. The molecule has 0 unspecified atom stereocenters. The van der Waals surface area contributed by atoms with Crippen LogP contribution in [0.2, 0.25) is 0 Å². The SMILES string of the molecule is O=C1C[C@H](c2ccccc2)C=C2Nc3ncnn3C3(CCCC3)[C@@H]12. The Balaban J connectivity index is 1.63. The summed E-state index contributed by atoms with van der Waals surface area (Å²) in [6.45, 7) is 0. The molecule has 3 aliphatic rings. The largest absolute Gasteiger partial charge is 0.328 e. The minimum absolute atomic E-state index is 0.103. The number of nitrogens with zero attached hydrogens (tertiary/aromatic N) is 3. The number of carbonyl (C=O) groups is 1. The average molecular weight is 320 g/mol. The summed E-state index contributed by atoms with van der Waals surface area (Å²) in [7, 11) is 0. The molecule has 24 heavy (non-hydrogen) atoms. The Hall–Kier alpha value is -2.43. The van der Waals surface area contributed by atoms with E-state index in [1.54, 1.807) is 6.33 Å². The third kappa shape index (κ3) is 1.84. The standard InChI is InChI=1S/C19H20N4O/c24-16-11-14(13-6-2-1-3-7-13)10-15-17(16)19(8-4-5-9-19)23-18(22-15)20-12-21-23/h1-3,6-7,10,12,14,17H,4-5,8-9,11H2,(H,20,21,22)/t14-,17-/m1/s1. The van der Waals surface area contributed by atoms with Gasteiger partial charge in [-0.25, -0.2) is 4.68 Å². The highest BCUT2D eigenvalue weighted by atomic mass is 16.1. The molecular weight excluding hydrogens is 300 g/mol. The van der Waals surface area contributed by atoms with Gasteiger partial charge in [-0.15, -0.1) is 0 Å². The lowest BCUT2D eigenvalue weighted by Crippen LogP contribution is -2.51. The molecule has 5 rings (SSSR count). The lowest BCUT2D eigenvalue weighted by Gasteiger charge is -2.45. The lowest BCUT2D eigenvalue weighted by atomic mass is 9.70. The zero-order valence-electron chi connectivity index (χ0n) is 13.5. The second-order valence-electron chi connectivity index (χ2n) is 7.17. The molecule has 2 heterocycles. The van der Waals surface area contributed by atoms with E-state index in [0.717, 1.165) is 37.3 Å². The summed E-state index contributed by atoms with van der Waals surface area (Å²) in [6.07, 6.45) is 8.74. The fraction of sp³-hybridized carbons (Fsp3) is 0.421. The van der Waals surface area contributed by atoms with Crippen LogP contribution in [-0.2, 0) is 10.3 Å². The van der Waals surface area contributed by atoms with Gasteiger partial charge in [0.1, 0.15) is 12.1 Å². The highest BCUT2D eigenvalue weighted by Gasteiger charge is 2.54. The van der Waals surface area contributed by atoms with Crippen LogP contribution in [0.4, 0.5) is 5.95 Å². The van der Waals surface area contributed by atoms with Crippen LogP contribution in [0.15, 0.2) is 48.4 Å². The number of benzene rings is 1. The maximum absolute atomic E-state index is 13.2. The lowest BCUT2D eigenvalue weighted by molar-refractivity contribution is -0.126. The van der Waals surface area contributed by atoms with Gasteiger partial charge in [0.2, 0.25) is 5.95 Å². The van der Waals surface area contributed by atoms with Crippen LogP contribution < -0.4 is 5.32 Å². The molecule has 0 radical (unpaired) electrons. The summed E-state index contributed by atoms with van der Waals surface area (Å²) in [5.41, 5.74) is 2.02. The van der Waals surface area contributed by atoms with E-state index in [1.165, 1.54) is 5.56 Å². The summed E-state index contributed by atoms with van der Waals surface area (Å²) < 4.78 is 1.99. The highest BCUT2D eigenvalue weighted by Crippen LogP contribution is 2.52. The van der Waals surface area contributed by atoms with E-state index in [2.05, 4.69) is 33.6 Å². The van der Waals surface area contributed by atoms with Crippen molar-refractivity contribution < 1.29 is 4.79 Å². The molecule has 0 bridgehead atoms. The zero-order valence-corrected chi connectivity index (χ0v) is 13.5. The van der Waals surface area contributed by atoms with Crippen molar-refractivity contribution in [3.63, 3.8) is 0 Å². The normalized spacial score (nSPS) is 27.3. The predicted octanol–water partition coefficient (Wildman–Crippen LogP) is 3.23. The van der Waals surface area contributed by atoms with Crippen LogP contribution in [0.5, 0.6) is 0 Å². The minimum atomic E-state index is -0.207. The molecule has 0 amide bonds. The van der Waals surface area contributed by atoms with E-state index < -0.39 is 0 Å². The third-order valence-corrected chi connectivity index (χ3v) is 5.89. The first-order valence-electron chi connectivity index (χ1n) is 8.75. The number of hydrogen-bond donors (Lipinski definition) is 1. The Labute approximate surface area is 140 Å². The van der Waals surface area contributed by atoms with Crippen molar-refractivity contribution in [1.82, 2.24) is 14.8 Å². The fourth-order valence-corrected chi connectivity index (χ4v) is 4.89. The number of carbonyl (C=O) groups excluding carboxylic acids is 1. The van der Waals surface area contributed by atoms with E-state index in [4.69, 9.17) is 0 Å². The first-order chi connectivity index (χ1) is 11.8. The number of rotatable bonds is 1. The van der Waals surface area contributed by atoms with Gasteiger partial charge in [0.05, 0.1) is 11.5 Å². The van der Waals surface area contributed by atoms with Gasteiger partial charge in [0.15, 0.2) is 0 Å². The van der Waals surface area contributed by atoms with E-state index >= 15 is 0 Å². The summed E-state index contributed by atoms with van der Waals surface area (Å²) in [5.74, 6) is 1.15. The van der Waals surface area contributed by atoms with Crippen molar-refractivity contribution in [2.75, 3.05) is 5.32 Å². The predicted molar refractivity (Wildman–Crippen MR) is 90.5 cm³/mol. The Morgan fingerprint density at radius 2 is 1.96 bits per heavy atom. The van der Waals surface area contributed by atoms with Crippen LogP contribution in [0, 0.1) is 5.92 Å². The van der Waals surface area contributed by atoms with Gasteiger partial charge < -0.3 is 5.32 Å². The van der Waals surface area contributed by atoms with Crippen LogP contribution in [-0.4, -0.2) is 20.5 Å². The summed E-state index contributed by atoms with van der Waals surface area (Å²) >= 11 is 0. The van der Waals surface area contributed by atoms with Crippen LogP contribution in [0.1, 0.15) is 43.6 Å². The quantitative estimate of drug-likeness (QED) is 0.876. The van der Waals surface area contributed by atoms with E-state index in [9.17, 15) is 4.79 Å². The van der Waals surface area contributed by atoms with Crippen LogP contribution in [0.3, 0.4) is 0 Å². The number of nitrogens with one attached hydrogen (secondary N) is 1. The summed E-state index contributed by atoms with van der Waals surface area (Å²) in [6, 6.07) is 10.3. The van der Waals surface area contributed by atoms with Crippen molar-refractivity contribution in [1.29, 1.82) is 0 Å². The molecule has 1 saturated carbocycles. The Morgan fingerprint density at radius 3 is 2.75 bits per heavy atom. The number of ketones is 1. The Kier molecular flexibility index (Phi) is 2.93. The Morgan fingerprint density at radius 1 is 1.17 bits per heavy atom. The maximum atomic E-state index is 13.2. The number of aromatic nitrogens is 3. The molecule has 0 saturated heterocycles. The topological polar surface area (TPSA) is 59.8 Å². The summed E-state index contributed by atoms with van der Waals surface area (Å²) in [4.78, 5) is 17.5. The molecule has 2 aliphatic carbocycles. The van der Waals surface area contributed by atoms with Crippen molar-refractivity contribution in [2.24, 2.45) is 5.92 Å². The zero-order chi connectivity index (χ0) is 16.1. The molecule has 2 atom stereocenters. The molecule has 5 nitrogen and oxygen atoms in total. The van der Waals surface area contributed by atoms with E-state index in [-0.39, 0.29) is 17.4 Å². The average Bonchev–Trinajstić information content (AvgIpc) is 3.25. The number of fused-ring (bicyclic) bond motifs is 4. The second kappa shape index (κ2) is 5.03. The van der Waals surface area contributed by atoms with Crippen LogP contribution >= 0.6 is 0 Å². The molecule has 1 aromatic heterocycles. The van der Waals surface area contributed by atoms with Crippen molar-refractivity contribution in [3.8, 4) is 0 Å². The van der Waals surface area contributed by atoms with Gasteiger partial charge in [0.25, 0.3) is 0 Å². The maximum Gasteiger partial charge on any atom is 0.225 e. The number of allylic oxidation sites excluding steroid dienone is 2. The fourth-order valence-electron chi connectivity index (χ4n) is 4.89. The van der Waals surface area contributed by atoms with Gasteiger partial charge in [0, 0.05) is 18.0 Å². The van der Waals surface area contributed by atoms with Crippen molar-refractivity contribution in [2.45, 2.75) is 43.6 Å². The number of Topliss-reactive ketones (excluding diaryl/α,β-unsaturated/α-hetero) is 1. The molecular formula is C19H20N4O. The molecule has 1 fully saturated rings. The first-order valence-corrected chi connectivity index (χ1v) is 8.75. The molecule has 1 spiro atoms. The molecule has 1 aliphatic heterocycles. The molecule has 2 aromatic rings. The monoisotopic (exact) mass is 320 g/mol. The van der Waals surface area contributed by atoms with Crippen molar-refractivity contribution in [3.05, 3.63) is 54.0 Å². The molecule has 1 N–H and O–H groups in total. The molecule has 1 aromatic carbocycles. The minimum Gasteiger partial charge on any atom is -0.328 e. The van der Waals surface area contributed by atoms with Gasteiger partial charge in [-0.05, 0) is 18.4 Å². The van der Waals surface area contributed by atoms with E-state index in [0.29, 0.717) is 12.2 Å². The first kappa shape index (κ1) is 14.0. The third-order valence-electron chi connectivity index (χ3n) is 5.89. The van der Waals surface area contributed by atoms with Gasteiger partial charge in [-0.1, -0.05) is 49.2 Å². The number of anilines is 1. The van der Waals surface area contributed by atoms with Gasteiger partial charge >= 0.3 is 0 Å².